The Morgan fingerprint density at radius 3 is 2.95 bits per heavy atom. The second kappa shape index (κ2) is 4.84. The summed E-state index contributed by atoms with van der Waals surface area (Å²) in [6, 6.07) is 0. The zero-order chi connectivity index (χ0) is 14.3. The van der Waals surface area contributed by atoms with E-state index in [4.69, 9.17) is 5.73 Å². The Bertz CT molecular complexity index is 829. The van der Waals surface area contributed by atoms with Gasteiger partial charge in [-0.05, 0) is 19.4 Å². The standard InChI is InChI=1S/C13H15N5OS/c1-7-8(2)20-13-11(7)12(19)16-10(17-13)5-18-4-9(3-14)15-6-18/h4,6H,3,5,14H2,1-2H3,(H,16,17,19). The molecule has 0 aliphatic heterocycles. The molecule has 7 heteroatoms. The first-order chi connectivity index (χ1) is 9.58. The van der Waals surface area contributed by atoms with Crippen LogP contribution in [0.25, 0.3) is 10.2 Å². The highest BCUT2D eigenvalue weighted by atomic mass is 32.1. The fourth-order valence-electron chi connectivity index (χ4n) is 2.15. The van der Waals surface area contributed by atoms with Gasteiger partial charge in [-0.2, -0.15) is 0 Å². The molecule has 0 bridgehead atoms. The van der Waals surface area contributed by atoms with Crippen LogP contribution in [-0.2, 0) is 13.1 Å². The maximum Gasteiger partial charge on any atom is 0.259 e. The number of nitrogens with two attached hydrogens (primary N) is 1. The fraction of sp³-hybridized carbons (Fsp3) is 0.308. The van der Waals surface area contributed by atoms with Crippen LogP contribution in [0.15, 0.2) is 17.3 Å². The van der Waals surface area contributed by atoms with Crippen molar-refractivity contribution < 1.29 is 0 Å². The van der Waals surface area contributed by atoms with Crippen molar-refractivity contribution >= 4 is 21.6 Å². The second-order valence-corrected chi connectivity index (χ2v) is 5.92. The molecule has 0 aliphatic rings. The predicted octanol–water partition coefficient (Wildman–Crippen LogP) is 1.30. The lowest BCUT2D eigenvalue weighted by molar-refractivity contribution is 0.744. The highest BCUT2D eigenvalue weighted by molar-refractivity contribution is 7.18. The SMILES string of the molecule is Cc1sc2nc(Cn3cnc(CN)c3)[nH]c(=O)c2c1C. The maximum atomic E-state index is 12.2. The normalized spacial score (nSPS) is 11.3. The third-order valence-corrected chi connectivity index (χ3v) is 4.42. The zero-order valence-electron chi connectivity index (χ0n) is 11.3. The van der Waals surface area contributed by atoms with Gasteiger partial charge >= 0.3 is 0 Å². The number of H-pyrrole nitrogens is 1. The van der Waals surface area contributed by atoms with E-state index >= 15 is 0 Å². The number of rotatable bonds is 3. The van der Waals surface area contributed by atoms with Crippen molar-refractivity contribution in [1.29, 1.82) is 0 Å². The van der Waals surface area contributed by atoms with E-state index in [2.05, 4.69) is 15.0 Å². The summed E-state index contributed by atoms with van der Waals surface area (Å²) in [7, 11) is 0. The summed E-state index contributed by atoms with van der Waals surface area (Å²) in [5.41, 5.74) is 7.28. The van der Waals surface area contributed by atoms with E-state index in [1.165, 1.54) is 0 Å². The molecule has 20 heavy (non-hydrogen) atoms. The summed E-state index contributed by atoms with van der Waals surface area (Å²) in [5.74, 6) is 0.629. The number of hydrogen-bond acceptors (Lipinski definition) is 5. The number of thiophene rings is 1. The summed E-state index contributed by atoms with van der Waals surface area (Å²) in [6.45, 7) is 4.84. The molecule has 0 unspecified atom stereocenters. The number of aryl methyl sites for hydroxylation is 2. The number of nitrogens with one attached hydrogen (secondary N) is 1. The van der Waals surface area contributed by atoms with Gasteiger partial charge < -0.3 is 15.3 Å². The number of imidazole rings is 1. The number of fused-ring (bicyclic) bond motifs is 1. The van der Waals surface area contributed by atoms with E-state index in [0.717, 1.165) is 21.0 Å². The van der Waals surface area contributed by atoms with Crippen molar-refractivity contribution in [1.82, 2.24) is 19.5 Å². The Balaban J connectivity index is 2.02. The van der Waals surface area contributed by atoms with Crippen LogP contribution in [0.5, 0.6) is 0 Å². The fourth-order valence-corrected chi connectivity index (χ4v) is 3.19. The second-order valence-electron chi connectivity index (χ2n) is 4.72. The quantitative estimate of drug-likeness (QED) is 0.760. The van der Waals surface area contributed by atoms with Gasteiger partial charge in [-0.25, -0.2) is 9.97 Å². The average Bonchev–Trinajstić information content (AvgIpc) is 2.95. The summed E-state index contributed by atoms with van der Waals surface area (Å²) in [4.78, 5) is 25.6. The third kappa shape index (κ3) is 2.14. The van der Waals surface area contributed by atoms with Crippen LogP contribution in [0.3, 0.4) is 0 Å². The van der Waals surface area contributed by atoms with Crippen LogP contribution in [0.4, 0.5) is 0 Å². The minimum Gasteiger partial charge on any atom is -0.330 e. The predicted molar refractivity (Wildman–Crippen MR) is 78.9 cm³/mol. The van der Waals surface area contributed by atoms with Crippen molar-refractivity contribution in [3.63, 3.8) is 0 Å². The maximum absolute atomic E-state index is 12.2. The van der Waals surface area contributed by atoms with Gasteiger partial charge in [-0.1, -0.05) is 0 Å². The molecule has 0 aliphatic carbocycles. The minimum atomic E-state index is -0.0778. The van der Waals surface area contributed by atoms with Gasteiger partial charge in [0.25, 0.3) is 5.56 Å². The molecule has 6 nitrogen and oxygen atoms in total. The molecule has 0 atom stereocenters. The highest BCUT2D eigenvalue weighted by Crippen LogP contribution is 2.25. The first-order valence-corrected chi connectivity index (χ1v) is 7.09. The van der Waals surface area contributed by atoms with Gasteiger partial charge in [0.2, 0.25) is 0 Å². The smallest absolute Gasteiger partial charge is 0.259 e. The number of aromatic nitrogens is 4. The number of nitrogens with zero attached hydrogens (tertiary/aromatic N) is 3. The lowest BCUT2D eigenvalue weighted by Gasteiger charge is -2.01. The van der Waals surface area contributed by atoms with Crippen molar-refractivity contribution in [3.05, 3.63) is 44.8 Å². The Labute approximate surface area is 119 Å². The molecular formula is C13H15N5OS. The van der Waals surface area contributed by atoms with Crippen molar-refractivity contribution in [2.45, 2.75) is 26.9 Å². The Morgan fingerprint density at radius 2 is 2.25 bits per heavy atom. The van der Waals surface area contributed by atoms with E-state index in [9.17, 15) is 4.79 Å². The Hall–Kier alpha value is -1.99. The van der Waals surface area contributed by atoms with Crippen molar-refractivity contribution in [3.8, 4) is 0 Å². The molecule has 3 N–H and O–H groups in total. The van der Waals surface area contributed by atoms with Crippen LogP contribution < -0.4 is 11.3 Å². The summed E-state index contributed by atoms with van der Waals surface area (Å²) in [5, 5.41) is 0.699. The molecule has 3 rings (SSSR count). The number of hydrogen-bond donors (Lipinski definition) is 2. The largest absolute Gasteiger partial charge is 0.330 e. The molecule has 3 aromatic heterocycles. The molecule has 0 radical (unpaired) electrons. The average molecular weight is 289 g/mol. The molecule has 0 saturated carbocycles. The molecule has 0 fully saturated rings. The van der Waals surface area contributed by atoms with E-state index in [1.54, 1.807) is 17.7 Å². The van der Waals surface area contributed by atoms with Crippen molar-refractivity contribution in [2.24, 2.45) is 5.73 Å². The first-order valence-electron chi connectivity index (χ1n) is 6.28. The van der Waals surface area contributed by atoms with E-state index in [-0.39, 0.29) is 5.56 Å². The van der Waals surface area contributed by atoms with E-state index in [0.29, 0.717) is 24.3 Å². The van der Waals surface area contributed by atoms with Crippen LogP contribution in [0.1, 0.15) is 22.0 Å². The van der Waals surface area contributed by atoms with Gasteiger partial charge in [-0.15, -0.1) is 11.3 Å². The lowest BCUT2D eigenvalue weighted by Crippen LogP contribution is -2.13. The summed E-state index contributed by atoms with van der Waals surface area (Å²) < 4.78 is 1.86. The first kappa shape index (κ1) is 13.0. The van der Waals surface area contributed by atoms with Crippen LogP contribution in [-0.4, -0.2) is 19.5 Å². The van der Waals surface area contributed by atoms with Crippen LogP contribution in [0.2, 0.25) is 0 Å². The summed E-state index contributed by atoms with van der Waals surface area (Å²) >= 11 is 1.55. The van der Waals surface area contributed by atoms with Gasteiger partial charge in [-0.3, -0.25) is 4.79 Å². The molecule has 104 valence electrons. The van der Waals surface area contributed by atoms with Gasteiger partial charge in [0.05, 0.1) is 24.0 Å². The Morgan fingerprint density at radius 1 is 1.45 bits per heavy atom. The molecule has 3 aromatic rings. The molecule has 0 spiro atoms. The molecule has 3 heterocycles. The minimum absolute atomic E-state index is 0.0778. The topological polar surface area (TPSA) is 89.6 Å². The number of aromatic amines is 1. The zero-order valence-corrected chi connectivity index (χ0v) is 12.1. The van der Waals surface area contributed by atoms with Gasteiger partial charge in [0, 0.05) is 17.6 Å². The monoisotopic (exact) mass is 289 g/mol. The van der Waals surface area contributed by atoms with E-state index in [1.807, 2.05) is 24.6 Å². The van der Waals surface area contributed by atoms with Crippen LogP contribution >= 0.6 is 11.3 Å². The van der Waals surface area contributed by atoms with Gasteiger partial charge in [0.15, 0.2) is 0 Å². The lowest BCUT2D eigenvalue weighted by atomic mass is 10.2. The summed E-state index contributed by atoms with van der Waals surface area (Å²) in [6.07, 6.45) is 3.55. The van der Waals surface area contributed by atoms with Crippen molar-refractivity contribution in [2.75, 3.05) is 0 Å². The third-order valence-electron chi connectivity index (χ3n) is 3.32. The van der Waals surface area contributed by atoms with Gasteiger partial charge in [0.1, 0.15) is 10.7 Å². The van der Waals surface area contributed by atoms with E-state index < -0.39 is 0 Å². The molecule has 0 aromatic carbocycles. The Kier molecular flexibility index (Phi) is 3.15. The highest BCUT2D eigenvalue weighted by Gasteiger charge is 2.12. The molecule has 0 saturated heterocycles. The molecular weight excluding hydrogens is 274 g/mol. The van der Waals surface area contributed by atoms with Crippen LogP contribution in [0, 0.1) is 13.8 Å². The molecule has 0 amide bonds.